The highest BCUT2D eigenvalue weighted by Gasteiger charge is 2.28. The largest absolute Gasteiger partial charge is 0.492 e. The summed E-state index contributed by atoms with van der Waals surface area (Å²) in [5.74, 6) is 0.735. The van der Waals surface area contributed by atoms with Gasteiger partial charge in [-0.2, -0.15) is 0 Å². The Morgan fingerprint density at radius 1 is 1.33 bits per heavy atom. The Morgan fingerprint density at radius 3 is 2.96 bits per heavy atom. The van der Waals surface area contributed by atoms with E-state index in [0.717, 1.165) is 30.8 Å². The van der Waals surface area contributed by atoms with Gasteiger partial charge in [0.25, 0.3) is 0 Å². The van der Waals surface area contributed by atoms with Gasteiger partial charge in [0.2, 0.25) is 5.91 Å². The van der Waals surface area contributed by atoms with Gasteiger partial charge in [0, 0.05) is 17.5 Å². The van der Waals surface area contributed by atoms with Gasteiger partial charge in [-0.25, -0.2) is 0 Å². The number of ether oxygens (including phenoxy) is 1. The van der Waals surface area contributed by atoms with Gasteiger partial charge in [-0.3, -0.25) is 9.69 Å². The lowest BCUT2D eigenvalue weighted by Crippen LogP contribution is -2.40. The fourth-order valence-corrected chi connectivity index (χ4v) is 4.27. The first-order valence-corrected chi connectivity index (χ1v) is 9.42. The molecule has 0 saturated carbocycles. The van der Waals surface area contributed by atoms with Gasteiger partial charge in [0.15, 0.2) is 0 Å². The van der Waals surface area contributed by atoms with Crippen LogP contribution in [0.4, 0.5) is 5.69 Å². The molecule has 3 rings (SSSR count). The molecule has 0 fully saturated rings. The molecule has 0 radical (unpaired) electrons. The number of nitrogens with one attached hydrogen (secondary N) is 1. The van der Waals surface area contributed by atoms with Crippen molar-refractivity contribution in [1.82, 2.24) is 4.90 Å². The Hall–Kier alpha value is -1.85. The molecule has 0 bridgehead atoms. The van der Waals surface area contributed by atoms with E-state index >= 15 is 0 Å². The SMILES string of the molecule is CCOc1ccccc1NC(=O)CN1CCc2sccc2C1CC. The van der Waals surface area contributed by atoms with Crippen LogP contribution in [0.3, 0.4) is 0 Å². The Labute approximate surface area is 147 Å². The minimum atomic E-state index is 0.0132. The lowest BCUT2D eigenvalue weighted by Gasteiger charge is -2.34. The number of carbonyl (C=O) groups is 1. The van der Waals surface area contributed by atoms with Crippen LogP contribution < -0.4 is 10.1 Å². The molecule has 1 aromatic heterocycles. The van der Waals surface area contributed by atoms with E-state index in [-0.39, 0.29) is 5.91 Å². The molecule has 2 heterocycles. The number of nitrogens with zero attached hydrogens (tertiary/aromatic N) is 1. The highest BCUT2D eigenvalue weighted by atomic mass is 32.1. The molecule has 1 aromatic carbocycles. The summed E-state index contributed by atoms with van der Waals surface area (Å²) >= 11 is 1.83. The Kier molecular flexibility index (Phi) is 5.53. The number of para-hydroxylation sites is 2. The van der Waals surface area contributed by atoms with Gasteiger partial charge < -0.3 is 10.1 Å². The third-order valence-corrected chi connectivity index (χ3v) is 5.40. The quantitative estimate of drug-likeness (QED) is 0.858. The Morgan fingerprint density at radius 2 is 2.17 bits per heavy atom. The molecule has 1 atom stereocenters. The summed E-state index contributed by atoms with van der Waals surface area (Å²) in [7, 11) is 0. The van der Waals surface area contributed by atoms with Gasteiger partial charge in [0.1, 0.15) is 5.75 Å². The van der Waals surface area contributed by atoms with Crippen LogP contribution in [0.2, 0.25) is 0 Å². The van der Waals surface area contributed by atoms with Crippen LogP contribution in [0.15, 0.2) is 35.7 Å². The average Bonchev–Trinajstić information content (AvgIpc) is 3.05. The minimum Gasteiger partial charge on any atom is -0.492 e. The van der Waals surface area contributed by atoms with E-state index in [2.05, 4.69) is 28.6 Å². The summed E-state index contributed by atoms with van der Waals surface area (Å²) in [6.07, 6.45) is 2.05. The van der Waals surface area contributed by atoms with E-state index in [4.69, 9.17) is 4.74 Å². The molecule has 2 aromatic rings. The van der Waals surface area contributed by atoms with Crippen molar-refractivity contribution in [3.8, 4) is 5.75 Å². The van der Waals surface area contributed by atoms with Crippen LogP contribution in [0.1, 0.15) is 36.8 Å². The number of hydrogen-bond donors (Lipinski definition) is 1. The number of amides is 1. The van der Waals surface area contributed by atoms with Crippen molar-refractivity contribution in [2.45, 2.75) is 32.7 Å². The lowest BCUT2D eigenvalue weighted by atomic mass is 9.98. The zero-order chi connectivity index (χ0) is 16.9. The maximum absolute atomic E-state index is 12.5. The molecular formula is C19H24N2O2S. The molecule has 1 aliphatic heterocycles. The highest BCUT2D eigenvalue weighted by molar-refractivity contribution is 7.10. The fourth-order valence-electron chi connectivity index (χ4n) is 3.34. The standard InChI is InChI=1S/C19H24N2O2S/c1-3-16-14-10-12-24-18(14)9-11-21(16)13-19(22)20-15-7-5-6-8-17(15)23-4-2/h5-8,10,12,16H,3-4,9,11,13H2,1-2H3,(H,20,22). The van der Waals surface area contributed by atoms with Gasteiger partial charge in [-0.1, -0.05) is 19.1 Å². The molecule has 24 heavy (non-hydrogen) atoms. The van der Waals surface area contributed by atoms with Crippen molar-refractivity contribution in [2.24, 2.45) is 0 Å². The molecule has 1 unspecified atom stereocenters. The third-order valence-electron chi connectivity index (χ3n) is 4.40. The van der Waals surface area contributed by atoms with Gasteiger partial charge >= 0.3 is 0 Å². The number of hydrogen-bond acceptors (Lipinski definition) is 4. The summed E-state index contributed by atoms with van der Waals surface area (Å²) in [6.45, 7) is 6.06. The van der Waals surface area contributed by atoms with Crippen molar-refractivity contribution in [3.63, 3.8) is 0 Å². The van der Waals surface area contributed by atoms with E-state index in [1.807, 2.05) is 42.5 Å². The van der Waals surface area contributed by atoms with Crippen LogP contribution in [0.5, 0.6) is 5.75 Å². The Bertz CT molecular complexity index is 698. The summed E-state index contributed by atoms with van der Waals surface area (Å²) in [4.78, 5) is 16.3. The zero-order valence-corrected chi connectivity index (χ0v) is 15.1. The van der Waals surface area contributed by atoms with Gasteiger partial charge in [-0.05, 0) is 48.9 Å². The van der Waals surface area contributed by atoms with Crippen molar-refractivity contribution in [2.75, 3.05) is 25.0 Å². The molecule has 0 aliphatic carbocycles. The van der Waals surface area contributed by atoms with Crippen molar-refractivity contribution >= 4 is 22.9 Å². The number of fused-ring (bicyclic) bond motifs is 1. The van der Waals surface area contributed by atoms with Crippen LogP contribution in [0.25, 0.3) is 0 Å². The first-order valence-electron chi connectivity index (χ1n) is 8.55. The smallest absolute Gasteiger partial charge is 0.238 e. The number of carbonyl (C=O) groups excluding carboxylic acids is 1. The molecular weight excluding hydrogens is 320 g/mol. The molecule has 1 amide bonds. The molecule has 0 spiro atoms. The molecule has 0 saturated heterocycles. The molecule has 1 aliphatic rings. The predicted octanol–water partition coefficient (Wildman–Crippen LogP) is 4.09. The van der Waals surface area contributed by atoms with Gasteiger partial charge in [0.05, 0.1) is 18.8 Å². The normalized spacial score (nSPS) is 17.3. The monoisotopic (exact) mass is 344 g/mol. The number of rotatable bonds is 6. The number of benzene rings is 1. The first-order chi connectivity index (χ1) is 11.7. The van der Waals surface area contributed by atoms with Crippen LogP contribution in [0, 0.1) is 0 Å². The van der Waals surface area contributed by atoms with E-state index < -0.39 is 0 Å². The zero-order valence-electron chi connectivity index (χ0n) is 14.2. The third kappa shape index (κ3) is 3.62. The van der Waals surface area contributed by atoms with Gasteiger partial charge in [-0.15, -0.1) is 11.3 Å². The summed E-state index contributed by atoms with van der Waals surface area (Å²) in [5.41, 5.74) is 2.14. The topological polar surface area (TPSA) is 41.6 Å². The molecule has 5 heteroatoms. The van der Waals surface area contributed by atoms with Crippen LogP contribution in [-0.4, -0.2) is 30.5 Å². The van der Waals surface area contributed by atoms with E-state index in [0.29, 0.717) is 19.2 Å². The van der Waals surface area contributed by atoms with E-state index in [1.54, 1.807) is 0 Å². The second-order valence-electron chi connectivity index (χ2n) is 5.92. The minimum absolute atomic E-state index is 0.0132. The first kappa shape index (κ1) is 17.0. The Balaban J connectivity index is 1.67. The molecule has 128 valence electrons. The second-order valence-corrected chi connectivity index (χ2v) is 6.92. The van der Waals surface area contributed by atoms with Crippen LogP contribution >= 0.6 is 11.3 Å². The molecule has 1 N–H and O–H groups in total. The van der Waals surface area contributed by atoms with E-state index in [9.17, 15) is 4.79 Å². The second kappa shape index (κ2) is 7.81. The maximum Gasteiger partial charge on any atom is 0.238 e. The molecule has 4 nitrogen and oxygen atoms in total. The predicted molar refractivity (Wildman–Crippen MR) is 98.9 cm³/mol. The summed E-state index contributed by atoms with van der Waals surface area (Å²) in [6, 6.07) is 10.1. The van der Waals surface area contributed by atoms with Crippen molar-refractivity contribution in [3.05, 3.63) is 46.2 Å². The van der Waals surface area contributed by atoms with Crippen molar-refractivity contribution in [1.29, 1.82) is 0 Å². The number of thiophene rings is 1. The summed E-state index contributed by atoms with van der Waals surface area (Å²) < 4.78 is 5.58. The maximum atomic E-state index is 12.5. The fraction of sp³-hybridized carbons (Fsp3) is 0.421. The summed E-state index contributed by atoms with van der Waals surface area (Å²) in [5, 5.41) is 5.16. The number of anilines is 1. The highest BCUT2D eigenvalue weighted by Crippen LogP contribution is 2.35. The van der Waals surface area contributed by atoms with E-state index in [1.165, 1.54) is 10.4 Å². The van der Waals surface area contributed by atoms with Crippen LogP contribution in [-0.2, 0) is 11.2 Å². The average molecular weight is 344 g/mol. The van der Waals surface area contributed by atoms with Crippen molar-refractivity contribution < 1.29 is 9.53 Å². The lowest BCUT2D eigenvalue weighted by molar-refractivity contribution is -0.118.